The van der Waals surface area contributed by atoms with Gasteiger partial charge in [-0.2, -0.15) is 0 Å². The molecule has 0 atom stereocenters. The zero-order valence-corrected chi connectivity index (χ0v) is 7.64. The number of aromatic nitrogens is 2. The number of aryl methyl sites for hydroxylation is 1. The van der Waals surface area contributed by atoms with Crippen LogP contribution < -0.4 is 0 Å². The highest BCUT2D eigenvalue weighted by molar-refractivity contribution is 9.10. The van der Waals surface area contributed by atoms with Crippen molar-refractivity contribution in [2.75, 3.05) is 0 Å². The van der Waals surface area contributed by atoms with Gasteiger partial charge >= 0.3 is 0 Å². The Morgan fingerprint density at radius 1 is 1.45 bits per heavy atom. The van der Waals surface area contributed by atoms with Crippen LogP contribution in [0.1, 0.15) is 5.56 Å². The van der Waals surface area contributed by atoms with Crippen molar-refractivity contribution in [1.29, 1.82) is 0 Å². The normalized spacial score (nSPS) is 10.7. The van der Waals surface area contributed by atoms with Crippen molar-refractivity contribution in [3.63, 3.8) is 0 Å². The second-order valence-corrected chi connectivity index (χ2v) is 3.38. The molecule has 0 spiro atoms. The molecule has 0 saturated heterocycles. The highest BCUT2D eigenvalue weighted by Crippen LogP contribution is 2.20. The number of aromatic amines is 1. The molecular weight excluding hydrogens is 204 g/mol. The number of hydrogen-bond donors (Lipinski definition) is 1. The molecule has 1 heterocycles. The molecule has 1 aromatic carbocycles. The van der Waals surface area contributed by atoms with Crippen LogP contribution in [0, 0.1) is 6.92 Å². The largest absolute Gasteiger partial charge is 0.345 e. The molecule has 1 N–H and O–H groups in total. The van der Waals surface area contributed by atoms with Crippen molar-refractivity contribution < 1.29 is 0 Å². The van der Waals surface area contributed by atoms with Gasteiger partial charge in [0.05, 0.1) is 17.4 Å². The van der Waals surface area contributed by atoms with Gasteiger partial charge in [0.1, 0.15) is 0 Å². The minimum atomic E-state index is 1.00. The van der Waals surface area contributed by atoms with Gasteiger partial charge in [-0.25, -0.2) is 4.98 Å². The number of halogens is 1. The molecule has 0 aliphatic heterocycles. The van der Waals surface area contributed by atoms with Crippen LogP contribution in [0.2, 0.25) is 0 Å². The highest BCUT2D eigenvalue weighted by atomic mass is 79.9. The summed E-state index contributed by atoms with van der Waals surface area (Å²) >= 11 is 3.45. The van der Waals surface area contributed by atoms with E-state index in [0.29, 0.717) is 0 Å². The van der Waals surface area contributed by atoms with E-state index in [-0.39, 0.29) is 0 Å². The number of nitrogens with zero attached hydrogens (tertiary/aromatic N) is 1. The fraction of sp³-hybridized carbons (Fsp3) is 0.125. The van der Waals surface area contributed by atoms with E-state index in [0.717, 1.165) is 15.5 Å². The zero-order chi connectivity index (χ0) is 7.84. The van der Waals surface area contributed by atoms with Crippen LogP contribution in [-0.4, -0.2) is 9.97 Å². The van der Waals surface area contributed by atoms with Crippen molar-refractivity contribution in [2.45, 2.75) is 6.92 Å². The predicted molar refractivity (Wildman–Crippen MR) is 48.5 cm³/mol. The molecule has 0 radical (unpaired) electrons. The number of imidazole rings is 1. The standard InChI is InChI=1S/C8H7BrN2/c1-5-2-7-8(3-6(5)9)11-4-10-7/h2-4H,1H3,(H,10,11). The molecule has 0 bridgehead atoms. The number of nitrogens with one attached hydrogen (secondary N) is 1. The smallest absolute Gasteiger partial charge is 0.0931 e. The van der Waals surface area contributed by atoms with E-state index >= 15 is 0 Å². The average molecular weight is 211 g/mol. The van der Waals surface area contributed by atoms with E-state index in [1.807, 2.05) is 6.07 Å². The third kappa shape index (κ3) is 1.05. The number of fused-ring (bicyclic) bond motifs is 1. The van der Waals surface area contributed by atoms with Crippen LogP contribution in [0.4, 0.5) is 0 Å². The van der Waals surface area contributed by atoms with Crippen LogP contribution in [0.5, 0.6) is 0 Å². The maximum absolute atomic E-state index is 4.14. The summed E-state index contributed by atoms with van der Waals surface area (Å²) in [5.74, 6) is 0. The maximum atomic E-state index is 4.14. The lowest BCUT2D eigenvalue weighted by atomic mass is 10.2. The summed E-state index contributed by atoms with van der Waals surface area (Å²) in [5, 5.41) is 0. The summed E-state index contributed by atoms with van der Waals surface area (Å²) in [6.45, 7) is 2.06. The molecule has 3 heteroatoms. The summed E-state index contributed by atoms with van der Waals surface area (Å²) in [5.41, 5.74) is 3.31. The van der Waals surface area contributed by atoms with E-state index in [4.69, 9.17) is 0 Å². The van der Waals surface area contributed by atoms with Crippen molar-refractivity contribution in [2.24, 2.45) is 0 Å². The third-order valence-electron chi connectivity index (χ3n) is 1.70. The summed E-state index contributed by atoms with van der Waals surface area (Å²) in [7, 11) is 0. The molecule has 0 aliphatic rings. The van der Waals surface area contributed by atoms with Gasteiger partial charge in [0.15, 0.2) is 0 Å². The minimum Gasteiger partial charge on any atom is -0.345 e. The molecule has 2 nitrogen and oxygen atoms in total. The zero-order valence-electron chi connectivity index (χ0n) is 6.06. The first-order chi connectivity index (χ1) is 5.27. The Morgan fingerprint density at radius 2 is 2.27 bits per heavy atom. The van der Waals surface area contributed by atoms with Gasteiger partial charge in [-0.15, -0.1) is 0 Å². The number of rotatable bonds is 0. The molecule has 2 rings (SSSR count). The van der Waals surface area contributed by atoms with Crippen LogP contribution in [0.25, 0.3) is 11.0 Å². The van der Waals surface area contributed by atoms with Crippen LogP contribution >= 0.6 is 15.9 Å². The molecule has 0 unspecified atom stereocenters. The summed E-state index contributed by atoms with van der Waals surface area (Å²) in [4.78, 5) is 7.19. The van der Waals surface area contributed by atoms with Gasteiger partial charge < -0.3 is 4.98 Å². The topological polar surface area (TPSA) is 28.7 Å². The minimum absolute atomic E-state index is 1.00. The Labute approximate surface area is 72.8 Å². The second-order valence-electron chi connectivity index (χ2n) is 2.52. The van der Waals surface area contributed by atoms with Gasteiger partial charge in [0, 0.05) is 4.47 Å². The molecule has 2 aromatic rings. The Kier molecular flexibility index (Phi) is 1.46. The SMILES string of the molecule is Cc1cc2[nH]cnc2cc1Br. The Hall–Kier alpha value is -0.830. The highest BCUT2D eigenvalue weighted by Gasteiger charge is 1.99. The lowest BCUT2D eigenvalue weighted by Crippen LogP contribution is -1.75. The van der Waals surface area contributed by atoms with Crippen LogP contribution in [0.15, 0.2) is 22.9 Å². The fourth-order valence-electron chi connectivity index (χ4n) is 1.06. The molecule has 0 fully saturated rings. The van der Waals surface area contributed by atoms with Gasteiger partial charge in [-0.05, 0) is 24.6 Å². The van der Waals surface area contributed by atoms with Gasteiger partial charge in [-0.3, -0.25) is 0 Å². The molecule has 11 heavy (non-hydrogen) atoms. The van der Waals surface area contributed by atoms with E-state index in [2.05, 4.69) is 38.9 Å². The number of benzene rings is 1. The van der Waals surface area contributed by atoms with Gasteiger partial charge in [0.25, 0.3) is 0 Å². The van der Waals surface area contributed by atoms with Crippen LogP contribution in [-0.2, 0) is 0 Å². The third-order valence-corrected chi connectivity index (χ3v) is 2.55. The van der Waals surface area contributed by atoms with Crippen molar-refractivity contribution in [3.05, 3.63) is 28.5 Å². The lowest BCUT2D eigenvalue weighted by molar-refractivity contribution is 1.34. The monoisotopic (exact) mass is 210 g/mol. The van der Waals surface area contributed by atoms with E-state index in [1.165, 1.54) is 5.56 Å². The Balaban J connectivity index is 2.86. The first-order valence-electron chi connectivity index (χ1n) is 3.36. The first-order valence-corrected chi connectivity index (χ1v) is 4.16. The van der Waals surface area contributed by atoms with Crippen LogP contribution in [0.3, 0.4) is 0 Å². The second kappa shape index (κ2) is 2.34. The van der Waals surface area contributed by atoms with E-state index < -0.39 is 0 Å². The summed E-state index contributed by atoms with van der Waals surface area (Å²) < 4.78 is 1.11. The fourth-order valence-corrected chi connectivity index (χ4v) is 1.40. The van der Waals surface area contributed by atoms with E-state index in [1.54, 1.807) is 6.33 Å². The van der Waals surface area contributed by atoms with Gasteiger partial charge in [-0.1, -0.05) is 15.9 Å². The molecule has 56 valence electrons. The Morgan fingerprint density at radius 3 is 3.09 bits per heavy atom. The quantitative estimate of drug-likeness (QED) is 0.712. The van der Waals surface area contributed by atoms with Crippen molar-refractivity contribution >= 4 is 27.0 Å². The molecule has 0 aliphatic carbocycles. The molecular formula is C8H7BrN2. The number of hydrogen-bond acceptors (Lipinski definition) is 1. The molecule has 0 amide bonds. The maximum Gasteiger partial charge on any atom is 0.0931 e. The summed E-state index contributed by atoms with van der Waals surface area (Å²) in [6.07, 6.45) is 1.70. The first kappa shape index (κ1) is 6.85. The molecule has 0 saturated carbocycles. The Bertz CT molecular complexity index is 356. The van der Waals surface area contributed by atoms with E-state index in [9.17, 15) is 0 Å². The lowest BCUT2D eigenvalue weighted by Gasteiger charge is -1.95. The average Bonchev–Trinajstić information content (AvgIpc) is 2.36. The van der Waals surface area contributed by atoms with Gasteiger partial charge in [0.2, 0.25) is 0 Å². The molecule has 1 aromatic heterocycles. The summed E-state index contributed by atoms with van der Waals surface area (Å²) in [6, 6.07) is 4.09. The van der Waals surface area contributed by atoms with Crippen molar-refractivity contribution in [3.8, 4) is 0 Å². The number of H-pyrrole nitrogens is 1. The van der Waals surface area contributed by atoms with Crippen molar-refractivity contribution in [1.82, 2.24) is 9.97 Å². The predicted octanol–water partition coefficient (Wildman–Crippen LogP) is 2.63.